The highest BCUT2D eigenvalue weighted by molar-refractivity contribution is 7.17. The van der Waals surface area contributed by atoms with Crippen molar-refractivity contribution in [2.24, 2.45) is 0 Å². The fourth-order valence-corrected chi connectivity index (χ4v) is 2.13. The highest BCUT2D eigenvalue weighted by Gasteiger charge is 2.15. The Hall–Kier alpha value is -1.89. The number of anilines is 2. The molecule has 0 spiro atoms. The largest absolute Gasteiger partial charge is 0.375 e. The first-order chi connectivity index (χ1) is 8.10. The second kappa shape index (κ2) is 4.54. The van der Waals surface area contributed by atoms with Crippen molar-refractivity contribution in [1.29, 1.82) is 0 Å². The molecule has 3 N–H and O–H groups in total. The Balaban J connectivity index is 2.14. The van der Waals surface area contributed by atoms with E-state index in [9.17, 15) is 4.79 Å². The van der Waals surface area contributed by atoms with Crippen LogP contribution < -0.4 is 11.1 Å². The molecule has 1 amide bonds. The van der Waals surface area contributed by atoms with Gasteiger partial charge in [-0.3, -0.25) is 9.48 Å². The highest BCUT2D eigenvalue weighted by atomic mass is 32.1. The summed E-state index contributed by atoms with van der Waals surface area (Å²) in [6.07, 6.45) is 1.81. The molecule has 0 fully saturated rings. The van der Waals surface area contributed by atoms with E-state index < -0.39 is 0 Å². The summed E-state index contributed by atoms with van der Waals surface area (Å²) in [5, 5.41) is 7.27. The number of amides is 1. The fourth-order valence-electron chi connectivity index (χ4n) is 1.41. The van der Waals surface area contributed by atoms with Gasteiger partial charge in [-0.15, -0.1) is 0 Å². The minimum atomic E-state index is -0.224. The highest BCUT2D eigenvalue weighted by Crippen LogP contribution is 2.20. The predicted octanol–water partition coefficient (Wildman–Crippen LogP) is 1.50. The number of hydrogen-bond donors (Lipinski definition) is 2. The Morgan fingerprint density at radius 1 is 1.65 bits per heavy atom. The van der Waals surface area contributed by atoms with Crippen LogP contribution in [0.15, 0.2) is 12.3 Å². The molecule has 0 unspecified atom stereocenters. The van der Waals surface area contributed by atoms with E-state index >= 15 is 0 Å². The number of nitrogens with one attached hydrogen (secondary N) is 1. The maximum Gasteiger partial charge on any atom is 0.268 e. The molecule has 0 aliphatic heterocycles. The number of rotatable bonds is 3. The van der Waals surface area contributed by atoms with Gasteiger partial charge in [-0.25, -0.2) is 4.98 Å². The minimum Gasteiger partial charge on any atom is -0.375 e. The Morgan fingerprint density at radius 3 is 2.94 bits per heavy atom. The van der Waals surface area contributed by atoms with Crippen LogP contribution in [0.4, 0.5) is 10.9 Å². The van der Waals surface area contributed by atoms with Gasteiger partial charge < -0.3 is 11.1 Å². The molecule has 2 aromatic heterocycles. The lowest BCUT2D eigenvalue weighted by molar-refractivity contribution is 0.102. The maximum atomic E-state index is 11.9. The van der Waals surface area contributed by atoms with E-state index in [4.69, 9.17) is 5.73 Å². The van der Waals surface area contributed by atoms with Crippen LogP contribution >= 0.6 is 11.3 Å². The average molecular weight is 251 g/mol. The molecule has 90 valence electrons. The molecule has 17 heavy (non-hydrogen) atoms. The second-order valence-electron chi connectivity index (χ2n) is 3.48. The summed E-state index contributed by atoms with van der Waals surface area (Å²) in [4.78, 5) is 16.4. The van der Waals surface area contributed by atoms with Crippen LogP contribution in [0.1, 0.15) is 22.3 Å². The fraction of sp³-hybridized carbons (Fsp3) is 0.300. The van der Waals surface area contributed by atoms with Crippen LogP contribution in [0.3, 0.4) is 0 Å². The van der Waals surface area contributed by atoms with Crippen molar-refractivity contribution in [2.45, 2.75) is 20.4 Å². The number of nitrogen functional groups attached to an aromatic ring is 1. The van der Waals surface area contributed by atoms with E-state index in [0.29, 0.717) is 21.5 Å². The lowest BCUT2D eigenvalue weighted by Crippen LogP contribution is -2.12. The summed E-state index contributed by atoms with van der Waals surface area (Å²) >= 11 is 1.17. The standard InChI is InChI=1S/C10H13N5OS/c1-3-15-5-4-7(14-15)13-9(16)8-6(2)12-10(11)17-8/h4-5H,3H2,1-2H3,(H2,11,12)(H,13,14,16). The van der Waals surface area contributed by atoms with E-state index in [-0.39, 0.29) is 5.91 Å². The first-order valence-electron chi connectivity index (χ1n) is 5.18. The molecule has 0 radical (unpaired) electrons. The smallest absolute Gasteiger partial charge is 0.268 e. The van der Waals surface area contributed by atoms with E-state index in [1.807, 2.05) is 13.1 Å². The van der Waals surface area contributed by atoms with Crippen molar-refractivity contribution in [3.8, 4) is 0 Å². The first-order valence-corrected chi connectivity index (χ1v) is 5.99. The SMILES string of the molecule is CCn1ccc(NC(=O)c2sc(N)nc2C)n1. The predicted molar refractivity (Wildman–Crippen MR) is 67.1 cm³/mol. The van der Waals surface area contributed by atoms with Crippen molar-refractivity contribution in [3.63, 3.8) is 0 Å². The van der Waals surface area contributed by atoms with Gasteiger partial charge in [0.2, 0.25) is 0 Å². The van der Waals surface area contributed by atoms with Gasteiger partial charge in [0, 0.05) is 18.8 Å². The number of carbonyl (C=O) groups excluding carboxylic acids is 1. The topological polar surface area (TPSA) is 85.8 Å². The molecule has 2 heterocycles. The maximum absolute atomic E-state index is 11.9. The number of aryl methyl sites for hydroxylation is 2. The van der Waals surface area contributed by atoms with Crippen molar-refractivity contribution in [2.75, 3.05) is 11.1 Å². The lowest BCUT2D eigenvalue weighted by Gasteiger charge is -1.99. The van der Waals surface area contributed by atoms with Gasteiger partial charge in [-0.1, -0.05) is 11.3 Å². The molecule has 6 nitrogen and oxygen atoms in total. The van der Waals surface area contributed by atoms with Crippen LogP contribution in [-0.2, 0) is 6.54 Å². The van der Waals surface area contributed by atoms with Crippen molar-refractivity contribution in [1.82, 2.24) is 14.8 Å². The third kappa shape index (κ3) is 2.44. The van der Waals surface area contributed by atoms with Gasteiger partial charge in [0.1, 0.15) is 4.88 Å². The number of hydrogen-bond acceptors (Lipinski definition) is 5. The molecule has 0 bridgehead atoms. The molecule has 0 aliphatic carbocycles. The lowest BCUT2D eigenvalue weighted by atomic mass is 10.4. The van der Waals surface area contributed by atoms with Gasteiger partial charge in [0.25, 0.3) is 5.91 Å². The third-order valence-corrected chi connectivity index (χ3v) is 3.21. The number of nitrogens with two attached hydrogens (primary N) is 1. The zero-order chi connectivity index (χ0) is 12.4. The van der Waals surface area contributed by atoms with E-state index in [2.05, 4.69) is 15.4 Å². The number of nitrogens with zero attached hydrogens (tertiary/aromatic N) is 3. The number of aromatic nitrogens is 3. The molecular weight excluding hydrogens is 238 g/mol. The second-order valence-corrected chi connectivity index (χ2v) is 4.51. The zero-order valence-electron chi connectivity index (χ0n) is 9.60. The summed E-state index contributed by atoms with van der Waals surface area (Å²) in [6.45, 7) is 4.50. The minimum absolute atomic E-state index is 0.224. The third-order valence-electron chi connectivity index (χ3n) is 2.23. The molecule has 2 aromatic rings. The Bertz CT molecular complexity index is 545. The molecule has 0 saturated carbocycles. The quantitative estimate of drug-likeness (QED) is 0.865. The molecule has 0 atom stereocenters. The molecule has 0 aliphatic rings. The Kier molecular flexibility index (Phi) is 3.10. The van der Waals surface area contributed by atoms with Crippen LogP contribution in [-0.4, -0.2) is 20.7 Å². The van der Waals surface area contributed by atoms with Gasteiger partial charge in [0.15, 0.2) is 10.9 Å². The number of thiazole rings is 1. The van der Waals surface area contributed by atoms with Crippen LogP contribution in [0.5, 0.6) is 0 Å². The Labute approximate surface area is 102 Å². The number of carbonyl (C=O) groups is 1. The summed E-state index contributed by atoms with van der Waals surface area (Å²) in [5.74, 6) is 0.307. The van der Waals surface area contributed by atoms with Gasteiger partial charge in [-0.2, -0.15) is 5.10 Å². The van der Waals surface area contributed by atoms with E-state index in [1.165, 1.54) is 11.3 Å². The summed E-state index contributed by atoms with van der Waals surface area (Å²) in [7, 11) is 0. The summed E-state index contributed by atoms with van der Waals surface area (Å²) in [6, 6.07) is 1.75. The molecule has 7 heteroatoms. The van der Waals surface area contributed by atoms with Crippen molar-refractivity contribution >= 4 is 28.2 Å². The van der Waals surface area contributed by atoms with Crippen molar-refractivity contribution in [3.05, 3.63) is 22.8 Å². The van der Waals surface area contributed by atoms with E-state index in [1.54, 1.807) is 17.7 Å². The normalized spacial score (nSPS) is 10.5. The van der Waals surface area contributed by atoms with Crippen LogP contribution in [0.2, 0.25) is 0 Å². The molecule has 0 aromatic carbocycles. The van der Waals surface area contributed by atoms with Crippen molar-refractivity contribution < 1.29 is 4.79 Å². The van der Waals surface area contributed by atoms with Crippen LogP contribution in [0.25, 0.3) is 0 Å². The molecule has 0 saturated heterocycles. The van der Waals surface area contributed by atoms with Gasteiger partial charge in [0.05, 0.1) is 5.69 Å². The molecular formula is C10H13N5OS. The monoisotopic (exact) mass is 251 g/mol. The summed E-state index contributed by atoms with van der Waals surface area (Å²) in [5.41, 5.74) is 6.18. The zero-order valence-corrected chi connectivity index (χ0v) is 10.4. The first kappa shape index (κ1) is 11.6. The van der Waals surface area contributed by atoms with Crippen LogP contribution in [0, 0.1) is 6.92 Å². The van der Waals surface area contributed by atoms with Gasteiger partial charge >= 0.3 is 0 Å². The molecule has 2 rings (SSSR count). The average Bonchev–Trinajstić information content (AvgIpc) is 2.85. The van der Waals surface area contributed by atoms with Gasteiger partial charge in [-0.05, 0) is 13.8 Å². The summed E-state index contributed by atoms with van der Waals surface area (Å²) < 4.78 is 1.74. The Morgan fingerprint density at radius 2 is 2.41 bits per heavy atom. The van der Waals surface area contributed by atoms with E-state index in [0.717, 1.165) is 6.54 Å².